The summed E-state index contributed by atoms with van der Waals surface area (Å²) in [6, 6.07) is -3.79. The first-order valence-electron chi connectivity index (χ1n) is 8.82. The predicted molar refractivity (Wildman–Crippen MR) is 94.4 cm³/mol. The van der Waals surface area contributed by atoms with Gasteiger partial charge in [0.15, 0.2) is 0 Å². The molecule has 29 heavy (non-hydrogen) atoms. The number of nitrogens with one attached hydrogen (secondary N) is 2. The summed E-state index contributed by atoms with van der Waals surface area (Å²) >= 11 is 0. The van der Waals surface area contributed by atoms with Gasteiger partial charge in [-0.2, -0.15) is 0 Å². The SMILES string of the molecule is NC(CC(=O)O)C(=O)NC(CCC(=O)O)C(=O)NCC(=O)N1CCCC1C(=O)O. The van der Waals surface area contributed by atoms with Crippen LogP contribution in [0, 0.1) is 0 Å². The topological polar surface area (TPSA) is 216 Å². The highest BCUT2D eigenvalue weighted by Gasteiger charge is 2.34. The van der Waals surface area contributed by atoms with Crippen LogP contribution >= 0.6 is 0 Å². The molecule has 13 heteroatoms. The van der Waals surface area contributed by atoms with Crippen LogP contribution in [0.4, 0.5) is 0 Å². The molecule has 1 fully saturated rings. The van der Waals surface area contributed by atoms with Crippen molar-refractivity contribution in [2.75, 3.05) is 13.1 Å². The number of hydrogen-bond acceptors (Lipinski definition) is 7. The standard InChI is InChI=1S/C16H24N4O9/c17-8(6-13(24)25)14(26)19-9(3-4-12(22)23)15(27)18-7-11(21)20-5-1-2-10(20)16(28)29/h8-10H,1-7,17H2,(H,18,27)(H,19,26)(H,22,23)(H,24,25)(H,28,29). The zero-order valence-corrected chi connectivity index (χ0v) is 15.5. The average Bonchev–Trinajstić information content (AvgIpc) is 3.12. The summed E-state index contributed by atoms with van der Waals surface area (Å²) in [5.74, 6) is -6.18. The lowest BCUT2D eigenvalue weighted by molar-refractivity contribution is -0.148. The maximum absolute atomic E-state index is 12.3. The first-order chi connectivity index (χ1) is 13.5. The minimum Gasteiger partial charge on any atom is -0.481 e. The van der Waals surface area contributed by atoms with E-state index in [1.165, 1.54) is 0 Å². The summed E-state index contributed by atoms with van der Waals surface area (Å²) in [5, 5.41) is 31.0. The molecular weight excluding hydrogens is 392 g/mol. The molecule has 0 aromatic heterocycles. The van der Waals surface area contributed by atoms with Crippen LogP contribution in [0.3, 0.4) is 0 Å². The van der Waals surface area contributed by atoms with Gasteiger partial charge in [0.25, 0.3) is 0 Å². The number of carbonyl (C=O) groups is 6. The van der Waals surface area contributed by atoms with Gasteiger partial charge < -0.3 is 36.6 Å². The minimum absolute atomic E-state index is 0.231. The van der Waals surface area contributed by atoms with Gasteiger partial charge in [-0.1, -0.05) is 0 Å². The molecule has 0 radical (unpaired) electrons. The van der Waals surface area contributed by atoms with E-state index < -0.39 is 73.1 Å². The molecule has 1 saturated heterocycles. The molecule has 13 nitrogen and oxygen atoms in total. The Kier molecular flexibility index (Phi) is 8.99. The van der Waals surface area contributed by atoms with Gasteiger partial charge in [-0.05, 0) is 19.3 Å². The van der Waals surface area contributed by atoms with Gasteiger partial charge in [0, 0.05) is 13.0 Å². The molecule has 1 aliphatic rings. The van der Waals surface area contributed by atoms with Gasteiger partial charge in [0.05, 0.1) is 19.0 Å². The summed E-state index contributed by atoms with van der Waals surface area (Å²) in [4.78, 5) is 70.1. The molecule has 1 rings (SSSR count). The van der Waals surface area contributed by atoms with Crippen LogP contribution in [0.25, 0.3) is 0 Å². The molecule has 3 amide bonds. The number of amides is 3. The molecule has 162 valence electrons. The zero-order chi connectivity index (χ0) is 22.1. The molecule has 0 aromatic rings. The van der Waals surface area contributed by atoms with Crippen molar-refractivity contribution >= 4 is 35.6 Å². The van der Waals surface area contributed by atoms with E-state index in [9.17, 15) is 28.8 Å². The number of nitrogens with zero attached hydrogens (tertiary/aromatic N) is 1. The van der Waals surface area contributed by atoms with Gasteiger partial charge in [-0.25, -0.2) is 4.79 Å². The summed E-state index contributed by atoms with van der Waals surface area (Å²) < 4.78 is 0. The molecule has 1 aliphatic heterocycles. The monoisotopic (exact) mass is 416 g/mol. The molecule has 0 spiro atoms. The van der Waals surface area contributed by atoms with Crippen LogP contribution < -0.4 is 16.4 Å². The van der Waals surface area contributed by atoms with Gasteiger partial charge in [-0.15, -0.1) is 0 Å². The van der Waals surface area contributed by atoms with Crippen LogP contribution in [0.15, 0.2) is 0 Å². The third-order valence-electron chi connectivity index (χ3n) is 4.28. The zero-order valence-electron chi connectivity index (χ0n) is 15.5. The summed E-state index contributed by atoms with van der Waals surface area (Å²) in [5.41, 5.74) is 5.41. The second-order valence-electron chi connectivity index (χ2n) is 6.50. The molecule has 0 aromatic carbocycles. The van der Waals surface area contributed by atoms with Crippen LogP contribution in [-0.4, -0.2) is 87.1 Å². The van der Waals surface area contributed by atoms with E-state index in [0.717, 1.165) is 4.90 Å². The van der Waals surface area contributed by atoms with Crippen LogP contribution in [0.5, 0.6) is 0 Å². The second-order valence-corrected chi connectivity index (χ2v) is 6.50. The fourth-order valence-electron chi connectivity index (χ4n) is 2.81. The molecule has 0 saturated carbocycles. The van der Waals surface area contributed by atoms with Crippen LogP contribution in [-0.2, 0) is 28.8 Å². The third-order valence-corrected chi connectivity index (χ3v) is 4.28. The van der Waals surface area contributed by atoms with E-state index >= 15 is 0 Å². The maximum Gasteiger partial charge on any atom is 0.326 e. The first kappa shape index (κ1) is 23.8. The third kappa shape index (κ3) is 7.73. The lowest BCUT2D eigenvalue weighted by Crippen LogP contribution is -2.53. The largest absolute Gasteiger partial charge is 0.481 e. The molecule has 0 bridgehead atoms. The number of nitrogens with two attached hydrogens (primary N) is 1. The average molecular weight is 416 g/mol. The summed E-state index contributed by atoms with van der Waals surface area (Å²) in [6.07, 6.45) is -0.678. The second kappa shape index (κ2) is 10.9. The lowest BCUT2D eigenvalue weighted by Gasteiger charge is -2.23. The van der Waals surface area contributed by atoms with Gasteiger partial charge >= 0.3 is 17.9 Å². The first-order valence-corrected chi connectivity index (χ1v) is 8.82. The predicted octanol–water partition coefficient (Wildman–Crippen LogP) is -2.67. The normalized spacial score (nSPS) is 17.8. The van der Waals surface area contributed by atoms with Crippen molar-refractivity contribution in [2.45, 2.75) is 50.2 Å². The highest BCUT2D eigenvalue weighted by Crippen LogP contribution is 2.17. The molecule has 3 unspecified atom stereocenters. The van der Waals surface area contributed by atoms with Crippen LogP contribution in [0.1, 0.15) is 32.1 Å². The van der Waals surface area contributed by atoms with Gasteiger partial charge in [0.2, 0.25) is 17.7 Å². The summed E-state index contributed by atoms with van der Waals surface area (Å²) in [6.45, 7) is -0.307. The molecule has 0 aliphatic carbocycles. The van der Waals surface area contributed by atoms with E-state index in [4.69, 9.17) is 21.1 Å². The van der Waals surface area contributed by atoms with Gasteiger partial charge in [0.1, 0.15) is 12.1 Å². The van der Waals surface area contributed by atoms with Crippen molar-refractivity contribution in [3.8, 4) is 0 Å². The van der Waals surface area contributed by atoms with E-state index in [2.05, 4.69) is 10.6 Å². The Bertz CT molecular complexity index is 681. The number of hydrogen-bond donors (Lipinski definition) is 6. The Hall–Kier alpha value is -3.22. The van der Waals surface area contributed by atoms with Crippen molar-refractivity contribution < 1.29 is 44.1 Å². The van der Waals surface area contributed by atoms with Crippen molar-refractivity contribution in [3.05, 3.63) is 0 Å². The van der Waals surface area contributed by atoms with Crippen molar-refractivity contribution in [1.82, 2.24) is 15.5 Å². The van der Waals surface area contributed by atoms with Gasteiger partial charge in [-0.3, -0.25) is 24.0 Å². The Labute approximate surface area is 165 Å². The van der Waals surface area contributed by atoms with Crippen molar-refractivity contribution in [1.29, 1.82) is 0 Å². The highest BCUT2D eigenvalue weighted by molar-refractivity contribution is 5.93. The van der Waals surface area contributed by atoms with E-state index in [-0.39, 0.29) is 13.0 Å². The van der Waals surface area contributed by atoms with Crippen molar-refractivity contribution in [3.63, 3.8) is 0 Å². The molecule has 3 atom stereocenters. The van der Waals surface area contributed by atoms with E-state index in [0.29, 0.717) is 12.8 Å². The van der Waals surface area contributed by atoms with Crippen molar-refractivity contribution in [2.24, 2.45) is 5.73 Å². The van der Waals surface area contributed by atoms with E-state index in [1.807, 2.05) is 0 Å². The number of carboxylic acids is 3. The Balaban J connectivity index is 2.69. The smallest absolute Gasteiger partial charge is 0.326 e. The van der Waals surface area contributed by atoms with Crippen LogP contribution in [0.2, 0.25) is 0 Å². The molecule has 1 heterocycles. The number of rotatable bonds is 11. The number of carbonyl (C=O) groups excluding carboxylic acids is 3. The quantitative estimate of drug-likeness (QED) is 0.205. The maximum atomic E-state index is 12.3. The molecular formula is C16H24N4O9. The molecule has 7 N–H and O–H groups in total. The Morgan fingerprint density at radius 2 is 1.69 bits per heavy atom. The minimum atomic E-state index is -1.45. The Morgan fingerprint density at radius 3 is 2.24 bits per heavy atom. The Morgan fingerprint density at radius 1 is 1.03 bits per heavy atom. The number of carboxylic acid groups (broad SMARTS) is 3. The summed E-state index contributed by atoms with van der Waals surface area (Å²) in [7, 11) is 0. The number of aliphatic carboxylic acids is 3. The highest BCUT2D eigenvalue weighted by atomic mass is 16.4. The number of likely N-dealkylation sites (tertiary alicyclic amines) is 1. The fraction of sp³-hybridized carbons (Fsp3) is 0.625. The van der Waals surface area contributed by atoms with E-state index in [1.54, 1.807) is 0 Å². The lowest BCUT2D eigenvalue weighted by atomic mass is 10.1. The fourth-order valence-corrected chi connectivity index (χ4v) is 2.81.